The summed E-state index contributed by atoms with van der Waals surface area (Å²) in [4.78, 5) is 21.1. The molecule has 0 radical (unpaired) electrons. The summed E-state index contributed by atoms with van der Waals surface area (Å²) in [6.45, 7) is 6.99. The van der Waals surface area contributed by atoms with Crippen LogP contribution >= 0.6 is 0 Å². The minimum Gasteiger partial charge on any atom is -0.490 e. The molecule has 0 bridgehead atoms. The van der Waals surface area contributed by atoms with Crippen LogP contribution in [0.25, 0.3) is 0 Å². The highest BCUT2D eigenvalue weighted by atomic mass is 16.5. The maximum atomic E-state index is 12.9. The minimum absolute atomic E-state index is 0.0422. The van der Waals surface area contributed by atoms with Crippen LogP contribution < -0.4 is 9.64 Å². The van der Waals surface area contributed by atoms with E-state index in [2.05, 4.69) is 9.88 Å². The molecule has 1 saturated heterocycles. The van der Waals surface area contributed by atoms with Crippen LogP contribution in [0.2, 0.25) is 0 Å². The second-order valence-corrected chi connectivity index (χ2v) is 6.15. The van der Waals surface area contributed by atoms with Gasteiger partial charge < -0.3 is 14.5 Å². The fraction of sp³-hybridized carbons (Fsp3) is 0.368. The van der Waals surface area contributed by atoms with Crippen molar-refractivity contribution >= 4 is 11.6 Å². The van der Waals surface area contributed by atoms with Crippen molar-refractivity contribution in [3.05, 3.63) is 54.4 Å². The van der Waals surface area contributed by atoms with Crippen molar-refractivity contribution in [3.63, 3.8) is 0 Å². The van der Waals surface area contributed by atoms with Gasteiger partial charge >= 0.3 is 0 Å². The van der Waals surface area contributed by atoms with Crippen LogP contribution in [-0.2, 0) is 0 Å². The van der Waals surface area contributed by atoms with Crippen LogP contribution in [0, 0.1) is 0 Å². The van der Waals surface area contributed by atoms with Crippen LogP contribution in [0.4, 0.5) is 5.69 Å². The van der Waals surface area contributed by atoms with E-state index in [-0.39, 0.29) is 12.0 Å². The van der Waals surface area contributed by atoms with Crippen molar-refractivity contribution < 1.29 is 9.53 Å². The van der Waals surface area contributed by atoms with Crippen molar-refractivity contribution in [1.29, 1.82) is 0 Å². The highest BCUT2D eigenvalue weighted by Gasteiger charge is 2.24. The molecule has 5 heteroatoms. The number of amides is 1. The van der Waals surface area contributed by atoms with Gasteiger partial charge in [-0.25, -0.2) is 0 Å². The minimum atomic E-state index is 0.0422. The summed E-state index contributed by atoms with van der Waals surface area (Å²) in [5.41, 5.74) is 1.80. The Morgan fingerprint density at radius 3 is 2.38 bits per heavy atom. The average molecular weight is 325 g/mol. The molecule has 1 amide bonds. The number of rotatable bonds is 4. The Morgan fingerprint density at radius 2 is 1.71 bits per heavy atom. The summed E-state index contributed by atoms with van der Waals surface area (Å²) in [5, 5.41) is 0. The van der Waals surface area contributed by atoms with Gasteiger partial charge in [-0.15, -0.1) is 0 Å². The van der Waals surface area contributed by atoms with Gasteiger partial charge in [-0.05, 0) is 38.1 Å². The molecule has 2 heterocycles. The molecule has 126 valence electrons. The molecule has 0 atom stereocenters. The number of hydrogen-bond acceptors (Lipinski definition) is 4. The number of carbonyl (C=O) groups excluding carboxylic acids is 1. The van der Waals surface area contributed by atoms with E-state index in [0.29, 0.717) is 24.4 Å². The van der Waals surface area contributed by atoms with Gasteiger partial charge in [0.15, 0.2) is 0 Å². The highest BCUT2D eigenvalue weighted by molar-refractivity contribution is 5.97. The van der Waals surface area contributed by atoms with Gasteiger partial charge in [0.25, 0.3) is 5.91 Å². The van der Waals surface area contributed by atoms with Crippen LogP contribution in [0.1, 0.15) is 24.2 Å². The molecule has 2 aromatic rings. The summed E-state index contributed by atoms with van der Waals surface area (Å²) in [5.74, 6) is 0.703. The van der Waals surface area contributed by atoms with Gasteiger partial charge in [0.1, 0.15) is 5.75 Å². The van der Waals surface area contributed by atoms with Gasteiger partial charge in [-0.2, -0.15) is 0 Å². The lowest BCUT2D eigenvalue weighted by atomic mass is 10.1. The Hall–Kier alpha value is -2.56. The van der Waals surface area contributed by atoms with Gasteiger partial charge in [0.2, 0.25) is 0 Å². The summed E-state index contributed by atoms with van der Waals surface area (Å²) >= 11 is 0. The molecule has 1 aliphatic rings. The number of ether oxygens (including phenoxy) is 1. The SMILES string of the molecule is CC(C)Oc1ccccc1C(=O)N1CCN(c2ccncc2)CC1. The number of benzene rings is 1. The van der Waals surface area contributed by atoms with E-state index in [1.807, 2.05) is 55.1 Å². The molecular weight excluding hydrogens is 302 g/mol. The summed E-state index contributed by atoms with van der Waals surface area (Å²) in [6, 6.07) is 11.5. The van der Waals surface area contributed by atoms with Crippen molar-refractivity contribution in [2.75, 3.05) is 31.1 Å². The Morgan fingerprint density at radius 1 is 1.04 bits per heavy atom. The zero-order valence-electron chi connectivity index (χ0n) is 14.2. The Kier molecular flexibility index (Phi) is 4.99. The quantitative estimate of drug-likeness (QED) is 0.867. The standard InChI is InChI=1S/C19H23N3O2/c1-15(2)24-18-6-4-3-5-17(18)19(23)22-13-11-21(12-14-22)16-7-9-20-10-8-16/h3-10,15H,11-14H2,1-2H3. The first-order valence-corrected chi connectivity index (χ1v) is 8.35. The monoisotopic (exact) mass is 325 g/mol. The van der Waals surface area contributed by atoms with E-state index >= 15 is 0 Å². The van der Waals surface area contributed by atoms with E-state index in [0.717, 1.165) is 18.8 Å². The van der Waals surface area contributed by atoms with E-state index in [4.69, 9.17) is 4.74 Å². The van der Waals surface area contributed by atoms with Crippen LogP contribution in [0.5, 0.6) is 5.75 Å². The first kappa shape index (κ1) is 16.3. The number of para-hydroxylation sites is 1. The smallest absolute Gasteiger partial charge is 0.257 e. The number of piperazine rings is 1. The van der Waals surface area contributed by atoms with Crippen molar-refractivity contribution in [2.24, 2.45) is 0 Å². The lowest BCUT2D eigenvalue weighted by molar-refractivity contribution is 0.0740. The molecular formula is C19H23N3O2. The topological polar surface area (TPSA) is 45.7 Å². The second-order valence-electron chi connectivity index (χ2n) is 6.15. The third-order valence-corrected chi connectivity index (χ3v) is 4.07. The van der Waals surface area contributed by atoms with Crippen LogP contribution in [0.3, 0.4) is 0 Å². The van der Waals surface area contributed by atoms with E-state index in [1.54, 1.807) is 12.4 Å². The largest absolute Gasteiger partial charge is 0.490 e. The summed E-state index contributed by atoms with van der Waals surface area (Å²) < 4.78 is 5.78. The average Bonchev–Trinajstić information content (AvgIpc) is 2.62. The van der Waals surface area contributed by atoms with Gasteiger partial charge in [0.05, 0.1) is 11.7 Å². The van der Waals surface area contributed by atoms with Gasteiger partial charge in [0, 0.05) is 44.3 Å². The molecule has 1 aromatic heterocycles. The molecule has 0 saturated carbocycles. The Labute approximate surface area is 142 Å². The van der Waals surface area contributed by atoms with E-state index in [1.165, 1.54) is 0 Å². The molecule has 0 spiro atoms. The molecule has 0 N–H and O–H groups in total. The van der Waals surface area contributed by atoms with E-state index < -0.39 is 0 Å². The fourth-order valence-corrected chi connectivity index (χ4v) is 2.89. The maximum absolute atomic E-state index is 12.9. The molecule has 5 nitrogen and oxygen atoms in total. The van der Waals surface area contributed by atoms with Crippen molar-refractivity contribution in [1.82, 2.24) is 9.88 Å². The molecule has 1 fully saturated rings. The number of hydrogen-bond donors (Lipinski definition) is 0. The van der Waals surface area contributed by atoms with Crippen molar-refractivity contribution in [2.45, 2.75) is 20.0 Å². The number of carbonyl (C=O) groups is 1. The maximum Gasteiger partial charge on any atom is 0.257 e. The van der Waals surface area contributed by atoms with Crippen LogP contribution in [0.15, 0.2) is 48.8 Å². The lowest BCUT2D eigenvalue weighted by Crippen LogP contribution is -2.48. The number of aromatic nitrogens is 1. The third-order valence-electron chi connectivity index (χ3n) is 4.07. The molecule has 1 aliphatic heterocycles. The number of nitrogens with zero attached hydrogens (tertiary/aromatic N) is 3. The van der Waals surface area contributed by atoms with Crippen molar-refractivity contribution in [3.8, 4) is 5.75 Å². The number of anilines is 1. The second kappa shape index (κ2) is 7.34. The van der Waals surface area contributed by atoms with E-state index in [9.17, 15) is 4.79 Å². The first-order valence-electron chi connectivity index (χ1n) is 8.35. The van der Waals surface area contributed by atoms with Gasteiger partial charge in [-0.1, -0.05) is 12.1 Å². The molecule has 3 rings (SSSR count). The zero-order chi connectivity index (χ0) is 16.9. The lowest BCUT2D eigenvalue weighted by Gasteiger charge is -2.36. The zero-order valence-corrected chi connectivity index (χ0v) is 14.2. The Bertz CT molecular complexity index is 680. The normalized spacial score (nSPS) is 14.8. The first-order chi connectivity index (χ1) is 11.6. The highest BCUT2D eigenvalue weighted by Crippen LogP contribution is 2.22. The Balaban J connectivity index is 1.68. The molecule has 24 heavy (non-hydrogen) atoms. The molecule has 0 unspecified atom stereocenters. The molecule has 0 aliphatic carbocycles. The predicted molar refractivity (Wildman–Crippen MR) is 94.6 cm³/mol. The number of pyridine rings is 1. The summed E-state index contributed by atoms with van der Waals surface area (Å²) in [7, 11) is 0. The molecule has 1 aromatic carbocycles. The fourth-order valence-electron chi connectivity index (χ4n) is 2.89. The predicted octanol–water partition coefficient (Wildman–Crippen LogP) is 2.83. The summed E-state index contributed by atoms with van der Waals surface area (Å²) in [6.07, 6.45) is 3.64. The third kappa shape index (κ3) is 3.67. The van der Waals surface area contributed by atoms with Crippen LogP contribution in [-0.4, -0.2) is 48.1 Å². The van der Waals surface area contributed by atoms with Gasteiger partial charge in [-0.3, -0.25) is 9.78 Å².